The second kappa shape index (κ2) is 6.82. The third-order valence-electron chi connectivity index (χ3n) is 5.70. The van der Waals surface area contributed by atoms with Crippen LogP contribution in [0.2, 0.25) is 0 Å². The fourth-order valence-corrected chi connectivity index (χ4v) is 4.39. The Balaban J connectivity index is 1.94. The molecular formula is C21H22O7. The van der Waals surface area contributed by atoms with Gasteiger partial charge < -0.3 is 29.2 Å². The highest BCUT2D eigenvalue weighted by molar-refractivity contribution is 5.78. The van der Waals surface area contributed by atoms with Crippen LogP contribution in [0.4, 0.5) is 0 Å². The zero-order valence-electron chi connectivity index (χ0n) is 15.9. The summed E-state index contributed by atoms with van der Waals surface area (Å²) >= 11 is 0. The van der Waals surface area contributed by atoms with E-state index in [1.54, 1.807) is 18.2 Å². The Kier molecular flexibility index (Phi) is 4.45. The lowest BCUT2D eigenvalue weighted by molar-refractivity contribution is -0.141. The number of hydrogen-bond donors (Lipinski definition) is 2. The van der Waals surface area contributed by atoms with Gasteiger partial charge in [-0.15, -0.1) is 0 Å². The lowest BCUT2D eigenvalue weighted by Gasteiger charge is -2.34. The third-order valence-corrected chi connectivity index (χ3v) is 5.70. The molecule has 1 heterocycles. The van der Waals surface area contributed by atoms with E-state index in [2.05, 4.69) is 0 Å². The summed E-state index contributed by atoms with van der Waals surface area (Å²) in [6, 6.07) is 6.85. The first-order valence-corrected chi connectivity index (χ1v) is 8.99. The molecule has 0 unspecified atom stereocenters. The number of ether oxygens (including phenoxy) is 4. The summed E-state index contributed by atoms with van der Waals surface area (Å²) in [5, 5.41) is 20.6. The van der Waals surface area contributed by atoms with Crippen molar-refractivity contribution in [1.82, 2.24) is 0 Å². The van der Waals surface area contributed by atoms with E-state index in [9.17, 15) is 15.0 Å². The summed E-state index contributed by atoms with van der Waals surface area (Å²) in [7, 11) is 4.41. The number of fused-ring (bicyclic) bond motifs is 2. The number of phenols is 2. The molecule has 0 bridgehead atoms. The summed E-state index contributed by atoms with van der Waals surface area (Å²) < 4.78 is 21.2. The van der Waals surface area contributed by atoms with Crippen molar-refractivity contribution in [2.24, 2.45) is 11.8 Å². The van der Waals surface area contributed by atoms with Gasteiger partial charge in [0.25, 0.3) is 0 Å². The van der Waals surface area contributed by atoms with Crippen molar-refractivity contribution in [2.75, 3.05) is 27.9 Å². The van der Waals surface area contributed by atoms with E-state index >= 15 is 0 Å². The number of esters is 1. The summed E-state index contributed by atoms with van der Waals surface area (Å²) in [6.07, 6.45) is 0.658. The van der Waals surface area contributed by atoms with Crippen LogP contribution in [0.15, 0.2) is 24.3 Å². The Bertz CT molecular complexity index is 912. The molecule has 0 aromatic heterocycles. The van der Waals surface area contributed by atoms with Gasteiger partial charge in [-0.05, 0) is 47.4 Å². The molecule has 0 amide bonds. The zero-order chi connectivity index (χ0) is 20.0. The van der Waals surface area contributed by atoms with Gasteiger partial charge in [0, 0.05) is 11.8 Å². The second-order valence-corrected chi connectivity index (χ2v) is 7.09. The minimum atomic E-state index is -0.390. The van der Waals surface area contributed by atoms with Crippen LogP contribution in [0.5, 0.6) is 28.7 Å². The highest BCUT2D eigenvalue weighted by Gasteiger charge is 2.48. The van der Waals surface area contributed by atoms with Crippen LogP contribution < -0.4 is 14.2 Å². The number of methoxy groups -OCH3 is 3. The zero-order valence-corrected chi connectivity index (χ0v) is 15.9. The Morgan fingerprint density at radius 3 is 2.21 bits per heavy atom. The molecule has 28 heavy (non-hydrogen) atoms. The molecule has 3 atom stereocenters. The number of rotatable bonds is 4. The molecule has 2 aromatic rings. The van der Waals surface area contributed by atoms with Crippen molar-refractivity contribution in [3.05, 3.63) is 41.0 Å². The molecule has 148 valence electrons. The van der Waals surface area contributed by atoms with Crippen LogP contribution in [0, 0.1) is 11.8 Å². The third kappa shape index (κ3) is 2.69. The van der Waals surface area contributed by atoms with E-state index in [0.29, 0.717) is 18.8 Å². The molecule has 1 fully saturated rings. The van der Waals surface area contributed by atoms with Gasteiger partial charge in [0.2, 0.25) is 5.75 Å². The summed E-state index contributed by atoms with van der Waals surface area (Å²) in [5.74, 6) is -0.205. The van der Waals surface area contributed by atoms with Gasteiger partial charge in [0.05, 0.1) is 33.9 Å². The summed E-state index contributed by atoms with van der Waals surface area (Å²) in [5.41, 5.74) is 2.56. The fourth-order valence-electron chi connectivity index (χ4n) is 4.39. The quantitative estimate of drug-likeness (QED) is 0.780. The fraction of sp³-hybridized carbons (Fsp3) is 0.381. The lowest BCUT2D eigenvalue weighted by Crippen LogP contribution is -2.31. The summed E-state index contributed by atoms with van der Waals surface area (Å²) in [6.45, 7) is 0.356. The second-order valence-electron chi connectivity index (χ2n) is 7.09. The monoisotopic (exact) mass is 386 g/mol. The van der Waals surface area contributed by atoms with Gasteiger partial charge in [-0.25, -0.2) is 0 Å². The number of cyclic esters (lactones) is 1. The molecule has 7 nitrogen and oxygen atoms in total. The van der Waals surface area contributed by atoms with Gasteiger partial charge in [-0.2, -0.15) is 0 Å². The maximum Gasteiger partial charge on any atom is 0.310 e. The highest BCUT2D eigenvalue weighted by Crippen LogP contribution is 2.51. The van der Waals surface area contributed by atoms with Gasteiger partial charge in [-0.3, -0.25) is 4.79 Å². The molecule has 0 saturated carbocycles. The van der Waals surface area contributed by atoms with E-state index in [1.165, 1.54) is 21.3 Å². The van der Waals surface area contributed by atoms with E-state index in [4.69, 9.17) is 18.9 Å². The molecule has 2 aliphatic rings. The molecule has 0 radical (unpaired) electrons. The number of carbonyl (C=O) groups is 1. The van der Waals surface area contributed by atoms with Crippen LogP contribution >= 0.6 is 0 Å². The Labute approximate surface area is 162 Å². The molecule has 1 aliphatic heterocycles. The molecule has 4 rings (SSSR count). The normalized spacial score (nSPS) is 22.8. The van der Waals surface area contributed by atoms with Crippen LogP contribution in [-0.4, -0.2) is 44.1 Å². The van der Waals surface area contributed by atoms with Crippen LogP contribution in [0.3, 0.4) is 0 Å². The Morgan fingerprint density at radius 1 is 0.964 bits per heavy atom. The van der Waals surface area contributed by atoms with Crippen molar-refractivity contribution in [1.29, 1.82) is 0 Å². The number of hydrogen-bond acceptors (Lipinski definition) is 7. The highest BCUT2D eigenvalue weighted by atomic mass is 16.5. The predicted molar refractivity (Wildman–Crippen MR) is 99.4 cm³/mol. The average Bonchev–Trinajstić information content (AvgIpc) is 3.06. The molecule has 0 spiro atoms. The first-order chi connectivity index (χ1) is 13.5. The van der Waals surface area contributed by atoms with Crippen molar-refractivity contribution in [2.45, 2.75) is 12.3 Å². The van der Waals surface area contributed by atoms with Gasteiger partial charge in [0.15, 0.2) is 23.0 Å². The lowest BCUT2D eigenvalue weighted by atomic mass is 9.67. The number of carbonyl (C=O) groups excluding carboxylic acids is 1. The van der Waals surface area contributed by atoms with Crippen LogP contribution in [0.1, 0.15) is 22.6 Å². The van der Waals surface area contributed by atoms with E-state index in [1.807, 2.05) is 6.07 Å². The smallest absolute Gasteiger partial charge is 0.310 e. The molecule has 1 saturated heterocycles. The number of benzene rings is 2. The first-order valence-electron chi connectivity index (χ1n) is 8.99. The molecule has 2 N–H and O–H groups in total. The van der Waals surface area contributed by atoms with Gasteiger partial charge in [0.1, 0.15) is 0 Å². The maximum absolute atomic E-state index is 12.6. The minimum Gasteiger partial charge on any atom is -0.504 e. The Hall–Kier alpha value is -3.09. The molecule has 7 heteroatoms. The SMILES string of the molecule is COc1cc2c(cc1O)[C@@H](c1cc(OC)c(O)c(OC)c1)[C@@H]1C(=O)OC[C@H]1C2. The van der Waals surface area contributed by atoms with Crippen molar-refractivity contribution in [3.63, 3.8) is 0 Å². The average molecular weight is 386 g/mol. The van der Waals surface area contributed by atoms with Gasteiger partial charge in [-0.1, -0.05) is 0 Å². The predicted octanol–water partition coefficient (Wildman–Crippen LogP) is 2.60. The standard InChI is InChI=1S/C21H22O7/c1-25-15-5-10-4-12-9-28-21(24)19(12)18(13(10)8-14(15)22)11-6-16(26-2)20(23)17(7-11)27-3/h5-8,12,18-19,22-23H,4,9H2,1-3H3/t12-,18-,19-/m1/s1. The summed E-state index contributed by atoms with van der Waals surface area (Å²) in [4.78, 5) is 12.6. The number of phenolic OH excluding ortho intramolecular Hbond substituents is 2. The molecule has 2 aromatic carbocycles. The van der Waals surface area contributed by atoms with Gasteiger partial charge >= 0.3 is 5.97 Å². The molecular weight excluding hydrogens is 364 g/mol. The molecule has 1 aliphatic carbocycles. The maximum atomic E-state index is 12.6. The van der Waals surface area contributed by atoms with E-state index in [0.717, 1.165) is 16.7 Å². The van der Waals surface area contributed by atoms with Crippen LogP contribution in [0.25, 0.3) is 0 Å². The van der Waals surface area contributed by atoms with E-state index in [-0.39, 0.29) is 46.7 Å². The van der Waals surface area contributed by atoms with Crippen molar-refractivity contribution < 1.29 is 34.0 Å². The van der Waals surface area contributed by atoms with Crippen molar-refractivity contribution in [3.8, 4) is 28.7 Å². The Morgan fingerprint density at radius 2 is 1.61 bits per heavy atom. The topological polar surface area (TPSA) is 94.5 Å². The van der Waals surface area contributed by atoms with Crippen molar-refractivity contribution >= 4 is 5.97 Å². The van der Waals surface area contributed by atoms with E-state index < -0.39 is 0 Å². The largest absolute Gasteiger partial charge is 0.504 e. The number of aromatic hydroxyl groups is 2. The minimum absolute atomic E-state index is 0.00812. The first kappa shape index (κ1) is 18.3. The van der Waals surface area contributed by atoms with Crippen LogP contribution in [-0.2, 0) is 16.0 Å².